The summed E-state index contributed by atoms with van der Waals surface area (Å²) in [6, 6.07) is -0.224. The maximum atomic E-state index is 12.1. The maximum absolute atomic E-state index is 12.1. The number of carbonyl (C=O) groups excluding carboxylic acids is 2. The van der Waals surface area contributed by atoms with Crippen molar-refractivity contribution in [3.63, 3.8) is 0 Å². The minimum Gasteiger partial charge on any atom is -0.335 e. The van der Waals surface area contributed by atoms with Crippen molar-refractivity contribution in [2.24, 2.45) is 5.92 Å². The van der Waals surface area contributed by atoms with Crippen molar-refractivity contribution in [1.82, 2.24) is 25.4 Å². The Morgan fingerprint density at radius 3 is 2.64 bits per heavy atom. The first kappa shape index (κ1) is 18.2. The first-order valence-electron chi connectivity index (χ1n) is 9.24. The second-order valence-electron chi connectivity index (χ2n) is 7.04. The van der Waals surface area contributed by atoms with Crippen LogP contribution < -0.4 is 10.6 Å². The van der Waals surface area contributed by atoms with E-state index in [1.54, 1.807) is 0 Å². The Kier molecular flexibility index (Phi) is 5.98. The number of hydrogen-bond acceptors (Lipinski definition) is 5. The number of rotatable bonds is 6. The number of nitrogens with zero attached hydrogens (tertiary/aromatic N) is 3. The van der Waals surface area contributed by atoms with Gasteiger partial charge in [0.05, 0.1) is 5.75 Å². The number of nitrogens with one attached hydrogen (secondary N) is 2. The Bertz CT molecular complexity index is 629. The predicted octanol–water partition coefficient (Wildman–Crippen LogP) is 2.67. The van der Waals surface area contributed by atoms with E-state index in [9.17, 15) is 9.59 Å². The third-order valence-corrected chi connectivity index (χ3v) is 5.98. The number of thioether (sulfide) groups is 1. The molecule has 0 aliphatic heterocycles. The monoisotopic (exact) mass is 365 g/mol. The highest BCUT2D eigenvalue weighted by Gasteiger charge is 2.30. The molecule has 0 bridgehead atoms. The molecule has 2 aliphatic rings. The van der Waals surface area contributed by atoms with Gasteiger partial charge in [0, 0.05) is 18.5 Å². The van der Waals surface area contributed by atoms with Crippen molar-refractivity contribution in [1.29, 1.82) is 0 Å². The highest BCUT2D eigenvalue weighted by molar-refractivity contribution is 7.99. The minimum absolute atomic E-state index is 0.163. The van der Waals surface area contributed by atoms with E-state index >= 15 is 0 Å². The van der Waals surface area contributed by atoms with Crippen LogP contribution in [0.3, 0.4) is 0 Å². The molecular weight excluding hydrogens is 338 g/mol. The van der Waals surface area contributed by atoms with E-state index in [2.05, 4.69) is 39.2 Å². The first-order chi connectivity index (χ1) is 12.1. The van der Waals surface area contributed by atoms with Gasteiger partial charge >= 0.3 is 6.03 Å². The van der Waals surface area contributed by atoms with Gasteiger partial charge in [-0.05, 0) is 38.5 Å². The number of carbonyl (C=O) groups is 2. The molecule has 8 heteroatoms. The van der Waals surface area contributed by atoms with Gasteiger partial charge in [-0.3, -0.25) is 10.1 Å². The number of urea groups is 1. The minimum atomic E-state index is -0.389. The summed E-state index contributed by atoms with van der Waals surface area (Å²) in [5.41, 5.74) is 0. The zero-order valence-electron chi connectivity index (χ0n) is 15.0. The molecule has 1 heterocycles. The summed E-state index contributed by atoms with van der Waals surface area (Å²) >= 11 is 1.33. The van der Waals surface area contributed by atoms with Crippen molar-refractivity contribution in [3.05, 3.63) is 5.82 Å². The normalized spacial score (nSPS) is 23.3. The van der Waals surface area contributed by atoms with Gasteiger partial charge in [0.2, 0.25) is 5.91 Å². The molecule has 0 radical (unpaired) electrons. The lowest BCUT2D eigenvalue weighted by Gasteiger charge is -2.29. The van der Waals surface area contributed by atoms with Gasteiger partial charge in [-0.1, -0.05) is 31.5 Å². The van der Waals surface area contributed by atoms with Crippen molar-refractivity contribution in [2.45, 2.75) is 76.0 Å². The van der Waals surface area contributed by atoms with Crippen LogP contribution in [0.25, 0.3) is 0 Å². The van der Waals surface area contributed by atoms with Gasteiger partial charge < -0.3 is 9.88 Å². The number of aromatic nitrogens is 3. The van der Waals surface area contributed by atoms with E-state index < -0.39 is 0 Å². The molecule has 1 aromatic rings. The molecule has 0 spiro atoms. The van der Waals surface area contributed by atoms with Crippen LogP contribution >= 0.6 is 11.8 Å². The molecule has 0 saturated heterocycles. The van der Waals surface area contributed by atoms with E-state index in [1.165, 1.54) is 31.0 Å². The summed E-state index contributed by atoms with van der Waals surface area (Å²) in [5, 5.41) is 14.6. The molecule has 7 nitrogen and oxygen atoms in total. The highest BCUT2D eigenvalue weighted by atomic mass is 32.2. The fourth-order valence-electron chi connectivity index (χ4n) is 3.38. The van der Waals surface area contributed by atoms with E-state index in [4.69, 9.17) is 0 Å². The molecule has 1 aromatic heterocycles. The largest absolute Gasteiger partial charge is 0.335 e. The van der Waals surface area contributed by atoms with Crippen molar-refractivity contribution >= 4 is 23.7 Å². The fraction of sp³-hybridized carbons (Fsp3) is 0.765. The standard InChI is InChI=1S/C17H27N5O2S/c1-3-22-15(12-8-9-12)20-21-17(22)25-10-14(23)19-16(24)18-13-7-5-4-6-11(13)2/h11-13H,3-10H2,1-2H3,(H2,18,19,23,24)/t11-,13-/m1/s1. The quantitative estimate of drug-likeness (QED) is 0.757. The van der Waals surface area contributed by atoms with Crippen LogP contribution in [0.1, 0.15) is 64.1 Å². The Morgan fingerprint density at radius 1 is 1.20 bits per heavy atom. The van der Waals surface area contributed by atoms with Crippen LogP contribution in [-0.4, -0.2) is 38.5 Å². The summed E-state index contributed by atoms with van der Waals surface area (Å²) in [7, 11) is 0. The summed E-state index contributed by atoms with van der Waals surface area (Å²) in [6.07, 6.45) is 6.81. The highest BCUT2D eigenvalue weighted by Crippen LogP contribution is 2.39. The lowest BCUT2D eigenvalue weighted by molar-refractivity contribution is -0.117. The second kappa shape index (κ2) is 8.21. The van der Waals surface area contributed by atoms with Crippen LogP contribution in [0.15, 0.2) is 5.16 Å². The smallest absolute Gasteiger partial charge is 0.321 e. The first-order valence-corrected chi connectivity index (χ1v) is 10.2. The second-order valence-corrected chi connectivity index (χ2v) is 7.98. The van der Waals surface area contributed by atoms with Crippen molar-refractivity contribution in [3.8, 4) is 0 Å². The molecule has 25 heavy (non-hydrogen) atoms. The molecule has 2 fully saturated rings. The van der Waals surface area contributed by atoms with Crippen LogP contribution in [-0.2, 0) is 11.3 Å². The van der Waals surface area contributed by atoms with E-state index in [-0.39, 0.29) is 23.7 Å². The van der Waals surface area contributed by atoms with Crippen LogP contribution in [0.2, 0.25) is 0 Å². The number of amides is 3. The molecule has 0 aromatic carbocycles. The topological polar surface area (TPSA) is 88.9 Å². The van der Waals surface area contributed by atoms with Crippen LogP contribution in [0.5, 0.6) is 0 Å². The zero-order valence-corrected chi connectivity index (χ0v) is 15.8. The molecule has 138 valence electrons. The van der Waals surface area contributed by atoms with Gasteiger partial charge in [0.15, 0.2) is 5.16 Å². The summed E-state index contributed by atoms with van der Waals surface area (Å²) in [4.78, 5) is 24.1. The fourth-order valence-corrected chi connectivity index (χ4v) is 4.18. The summed E-state index contributed by atoms with van der Waals surface area (Å²) in [6.45, 7) is 5.00. The number of imide groups is 1. The number of hydrogen-bond donors (Lipinski definition) is 2. The molecule has 3 rings (SSSR count). The van der Waals surface area contributed by atoms with E-state index in [0.717, 1.165) is 36.8 Å². The molecule has 2 N–H and O–H groups in total. The predicted molar refractivity (Wildman–Crippen MR) is 96.5 cm³/mol. The van der Waals surface area contributed by atoms with Gasteiger partial charge in [0.25, 0.3) is 0 Å². The Morgan fingerprint density at radius 2 is 1.96 bits per heavy atom. The van der Waals surface area contributed by atoms with Gasteiger partial charge in [0.1, 0.15) is 5.82 Å². The SMILES string of the molecule is CCn1c(SCC(=O)NC(=O)N[C@@H]2CCCC[C@H]2C)nnc1C1CC1. The van der Waals surface area contributed by atoms with Crippen molar-refractivity contribution < 1.29 is 9.59 Å². The van der Waals surface area contributed by atoms with Crippen LogP contribution in [0, 0.1) is 5.92 Å². The van der Waals surface area contributed by atoms with Gasteiger partial charge in [-0.25, -0.2) is 4.79 Å². The van der Waals surface area contributed by atoms with Crippen molar-refractivity contribution in [2.75, 3.05) is 5.75 Å². The Balaban J connectivity index is 1.45. The summed E-state index contributed by atoms with van der Waals surface area (Å²) in [5.74, 6) is 1.88. The molecule has 2 atom stereocenters. The zero-order chi connectivity index (χ0) is 17.8. The van der Waals surface area contributed by atoms with Gasteiger partial charge in [-0.15, -0.1) is 10.2 Å². The molecule has 3 amide bonds. The summed E-state index contributed by atoms with van der Waals surface area (Å²) < 4.78 is 2.07. The lowest BCUT2D eigenvalue weighted by Crippen LogP contribution is -2.48. The molecular formula is C17H27N5O2S. The molecule has 0 unspecified atom stereocenters. The van der Waals surface area contributed by atoms with E-state index in [0.29, 0.717) is 11.8 Å². The van der Waals surface area contributed by atoms with E-state index in [1.807, 2.05) is 0 Å². The lowest BCUT2D eigenvalue weighted by atomic mass is 9.86. The maximum Gasteiger partial charge on any atom is 0.321 e. The average Bonchev–Trinajstić information content (AvgIpc) is 3.35. The average molecular weight is 366 g/mol. The Labute approximate surface area is 152 Å². The molecule has 2 aliphatic carbocycles. The Hall–Kier alpha value is -1.57. The third-order valence-electron chi connectivity index (χ3n) is 5.02. The van der Waals surface area contributed by atoms with Gasteiger partial charge in [-0.2, -0.15) is 0 Å². The van der Waals surface area contributed by atoms with Crippen LogP contribution in [0.4, 0.5) is 4.79 Å². The molecule has 2 saturated carbocycles. The third kappa shape index (κ3) is 4.74.